The summed E-state index contributed by atoms with van der Waals surface area (Å²) in [6, 6.07) is 10.1. The number of aliphatic hydroxyl groups is 1. The lowest BCUT2D eigenvalue weighted by molar-refractivity contribution is 0.0594. The van der Waals surface area contributed by atoms with Gasteiger partial charge in [-0.2, -0.15) is 4.98 Å². The molecule has 1 atom stereocenters. The van der Waals surface area contributed by atoms with Crippen molar-refractivity contribution in [3.63, 3.8) is 0 Å². The third kappa shape index (κ3) is 4.25. The van der Waals surface area contributed by atoms with Crippen LogP contribution >= 0.6 is 0 Å². The summed E-state index contributed by atoms with van der Waals surface area (Å²) in [6.07, 6.45) is 6.40. The van der Waals surface area contributed by atoms with Gasteiger partial charge < -0.3 is 20.2 Å². The van der Waals surface area contributed by atoms with Gasteiger partial charge in [0.2, 0.25) is 5.95 Å². The number of pyridine rings is 1. The van der Waals surface area contributed by atoms with Gasteiger partial charge in [0.25, 0.3) is 5.56 Å². The quantitative estimate of drug-likeness (QED) is 0.380. The topological polar surface area (TPSA) is 104 Å². The second-order valence-corrected chi connectivity index (χ2v) is 10.4. The van der Waals surface area contributed by atoms with E-state index >= 15 is 0 Å². The van der Waals surface area contributed by atoms with E-state index in [1.165, 1.54) is 5.69 Å². The summed E-state index contributed by atoms with van der Waals surface area (Å²) in [4.78, 5) is 31.8. The third-order valence-corrected chi connectivity index (χ3v) is 7.62. The summed E-state index contributed by atoms with van der Waals surface area (Å²) < 4.78 is 3.23. The molecule has 196 valence electrons. The van der Waals surface area contributed by atoms with Gasteiger partial charge >= 0.3 is 0 Å². The molecular formula is C28H32N8O2. The molecule has 1 saturated heterocycles. The number of rotatable bonds is 6. The third-order valence-electron chi connectivity index (χ3n) is 7.62. The molecule has 0 amide bonds. The van der Waals surface area contributed by atoms with Crippen molar-refractivity contribution in [2.45, 2.75) is 31.9 Å². The van der Waals surface area contributed by atoms with E-state index in [0.717, 1.165) is 49.4 Å². The van der Waals surface area contributed by atoms with Gasteiger partial charge in [-0.1, -0.05) is 6.08 Å². The number of benzene rings is 1. The van der Waals surface area contributed by atoms with E-state index in [0.29, 0.717) is 29.2 Å². The fourth-order valence-corrected chi connectivity index (χ4v) is 5.36. The van der Waals surface area contributed by atoms with Crippen molar-refractivity contribution in [3.05, 3.63) is 76.9 Å². The number of hydrogen-bond acceptors (Lipinski definition) is 8. The van der Waals surface area contributed by atoms with E-state index in [-0.39, 0.29) is 12.1 Å². The highest BCUT2D eigenvalue weighted by Gasteiger charge is 2.33. The first-order valence-electron chi connectivity index (χ1n) is 13.0. The first-order valence-corrected chi connectivity index (χ1v) is 13.0. The summed E-state index contributed by atoms with van der Waals surface area (Å²) in [5.74, 6) is 0.892. The summed E-state index contributed by atoms with van der Waals surface area (Å²) in [7, 11) is 2.15. The molecule has 1 aliphatic carbocycles. The van der Waals surface area contributed by atoms with Crippen molar-refractivity contribution >= 4 is 28.4 Å². The van der Waals surface area contributed by atoms with Gasteiger partial charge in [-0.15, -0.1) is 6.58 Å². The summed E-state index contributed by atoms with van der Waals surface area (Å²) >= 11 is 0. The molecule has 0 saturated carbocycles. The number of nitrogens with one attached hydrogen (secondary N) is 1. The molecule has 1 aliphatic heterocycles. The Morgan fingerprint density at radius 1 is 1.13 bits per heavy atom. The van der Waals surface area contributed by atoms with Gasteiger partial charge in [-0.25, -0.2) is 19.3 Å². The number of aromatic nitrogens is 5. The molecule has 2 N–H and O–H groups in total. The Morgan fingerprint density at radius 3 is 2.63 bits per heavy atom. The van der Waals surface area contributed by atoms with Crippen LogP contribution in [-0.2, 0) is 18.6 Å². The molecular weight excluding hydrogens is 480 g/mol. The molecule has 1 unspecified atom stereocenters. The second kappa shape index (κ2) is 9.38. The normalized spacial score (nSPS) is 19.6. The molecule has 2 aliphatic rings. The smallest absolute Gasteiger partial charge is 0.278 e. The van der Waals surface area contributed by atoms with Crippen molar-refractivity contribution in [1.82, 2.24) is 29.2 Å². The summed E-state index contributed by atoms with van der Waals surface area (Å²) in [5.41, 5.74) is 3.17. The maximum atomic E-state index is 13.3. The van der Waals surface area contributed by atoms with Gasteiger partial charge in [-0.3, -0.25) is 4.79 Å². The van der Waals surface area contributed by atoms with Crippen LogP contribution in [-0.4, -0.2) is 67.5 Å². The first kappa shape index (κ1) is 24.3. The number of piperazine rings is 1. The van der Waals surface area contributed by atoms with Crippen molar-refractivity contribution in [1.29, 1.82) is 0 Å². The molecule has 10 heteroatoms. The Hall–Kier alpha value is -4.02. The van der Waals surface area contributed by atoms with E-state index in [1.807, 2.05) is 25.1 Å². The van der Waals surface area contributed by atoms with Crippen molar-refractivity contribution in [3.8, 4) is 5.82 Å². The Balaban J connectivity index is 1.36. The number of anilines is 3. The van der Waals surface area contributed by atoms with E-state index in [2.05, 4.69) is 50.8 Å². The Morgan fingerprint density at radius 2 is 1.89 bits per heavy atom. The standard InChI is InChI=1S/C28H32N8O2/c1-4-11-35-26(37)22-18-30-27(31-20-5-7-21(8-6-20)34-14-12-33(3)13-15-34)32-25(22)36(35)24-16-23-19(17-29-24)9-10-28(23,2)38/h4-8,16-18,38H,1,9-15H2,2-3H3,(H,30,31,32). The van der Waals surface area contributed by atoms with Crippen molar-refractivity contribution in [2.24, 2.45) is 0 Å². The van der Waals surface area contributed by atoms with Crippen molar-refractivity contribution in [2.75, 3.05) is 43.4 Å². The van der Waals surface area contributed by atoms with E-state index in [9.17, 15) is 9.90 Å². The predicted molar refractivity (Wildman–Crippen MR) is 148 cm³/mol. The van der Waals surface area contributed by atoms with Crippen LogP contribution in [0.4, 0.5) is 17.3 Å². The number of allylic oxidation sites excluding steroid dienone is 1. The molecule has 4 aromatic rings. The molecule has 6 rings (SSSR count). The molecule has 0 spiro atoms. The largest absolute Gasteiger partial charge is 0.385 e. The van der Waals surface area contributed by atoms with Crippen LogP contribution in [0, 0.1) is 0 Å². The summed E-state index contributed by atoms with van der Waals surface area (Å²) in [6.45, 7) is 10.0. The maximum absolute atomic E-state index is 13.3. The van der Waals surface area contributed by atoms with Gasteiger partial charge in [0.05, 0.1) is 12.1 Å². The van der Waals surface area contributed by atoms with Crippen LogP contribution < -0.4 is 15.8 Å². The zero-order valence-electron chi connectivity index (χ0n) is 21.8. The average molecular weight is 513 g/mol. The van der Waals surface area contributed by atoms with Crippen LogP contribution in [0.5, 0.6) is 0 Å². The van der Waals surface area contributed by atoms with Crippen LogP contribution in [0.25, 0.3) is 16.9 Å². The highest BCUT2D eigenvalue weighted by atomic mass is 16.3. The molecule has 1 aromatic carbocycles. The van der Waals surface area contributed by atoms with Gasteiger partial charge in [-0.05, 0) is 68.3 Å². The Labute approximate surface area is 220 Å². The number of nitrogens with zero attached hydrogens (tertiary/aromatic N) is 7. The molecule has 1 fully saturated rings. The molecule has 0 radical (unpaired) electrons. The zero-order valence-corrected chi connectivity index (χ0v) is 21.8. The zero-order chi connectivity index (χ0) is 26.4. The number of aryl methyl sites for hydroxylation is 1. The monoisotopic (exact) mass is 512 g/mol. The number of fused-ring (bicyclic) bond motifs is 2. The van der Waals surface area contributed by atoms with Crippen LogP contribution in [0.1, 0.15) is 24.5 Å². The second-order valence-electron chi connectivity index (χ2n) is 10.4. The molecule has 38 heavy (non-hydrogen) atoms. The number of likely N-dealkylation sites (N-methyl/N-ethyl adjacent to an activating group) is 1. The van der Waals surface area contributed by atoms with E-state index < -0.39 is 5.60 Å². The first-order chi connectivity index (χ1) is 18.3. The lowest BCUT2D eigenvalue weighted by Crippen LogP contribution is -2.44. The highest BCUT2D eigenvalue weighted by molar-refractivity contribution is 5.77. The minimum Gasteiger partial charge on any atom is -0.385 e. The maximum Gasteiger partial charge on any atom is 0.278 e. The lowest BCUT2D eigenvalue weighted by atomic mass is 10.00. The van der Waals surface area contributed by atoms with Gasteiger partial charge in [0.15, 0.2) is 11.5 Å². The Bertz CT molecular complexity index is 1560. The Kier molecular flexibility index (Phi) is 6.00. The highest BCUT2D eigenvalue weighted by Crippen LogP contribution is 2.37. The van der Waals surface area contributed by atoms with Gasteiger partial charge in [0.1, 0.15) is 5.39 Å². The molecule has 0 bridgehead atoms. The fraction of sp³-hybridized carbons (Fsp3) is 0.357. The van der Waals surface area contributed by atoms with E-state index in [4.69, 9.17) is 4.98 Å². The van der Waals surface area contributed by atoms with E-state index in [1.54, 1.807) is 27.8 Å². The molecule has 4 heterocycles. The minimum absolute atomic E-state index is 0.225. The average Bonchev–Trinajstić information content (AvgIpc) is 3.37. The van der Waals surface area contributed by atoms with Crippen LogP contribution in [0.15, 0.2) is 60.2 Å². The fourth-order valence-electron chi connectivity index (χ4n) is 5.36. The molecule has 3 aromatic heterocycles. The molecule has 10 nitrogen and oxygen atoms in total. The summed E-state index contributed by atoms with van der Waals surface area (Å²) in [5, 5.41) is 14.5. The minimum atomic E-state index is -0.933. The van der Waals surface area contributed by atoms with Crippen molar-refractivity contribution < 1.29 is 5.11 Å². The van der Waals surface area contributed by atoms with Crippen LogP contribution in [0.2, 0.25) is 0 Å². The van der Waals surface area contributed by atoms with Gasteiger partial charge in [0, 0.05) is 49.9 Å². The lowest BCUT2D eigenvalue weighted by Gasteiger charge is -2.34. The SMILES string of the molecule is C=CCn1c(=O)c2cnc(Nc3ccc(N4CCN(C)CC4)cc3)nc2n1-c1cc2c(cn1)CCC2(C)O. The van der Waals surface area contributed by atoms with Crippen LogP contribution in [0.3, 0.4) is 0 Å². The number of hydrogen-bond donors (Lipinski definition) is 2. The predicted octanol–water partition coefficient (Wildman–Crippen LogP) is 2.81.